The highest BCUT2D eigenvalue weighted by molar-refractivity contribution is 6.08. The van der Waals surface area contributed by atoms with E-state index in [1.54, 1.807) is 48.5 Å². The lowest BCUT2D eigenvalue weighted by molar-refractivity contribution is -0.127. The van der Waals surface area contributed by atoms with Crippen LogP contribution in [-0.2, 0) is 22.7 Å². The normalized spacial score (nSPS) is 11.6. The van der Waals surface area contributed by atoms with Gasteiger partial charge < -0.3 is 10.1 Å². The van der Waals surface area contributed by atoms with Crippen molar-refractivity contribution in [2.45, 2.75) is 26.1 Å². The van der Waals surface area contributed by atoms with E-state index in [0.29, 0.717) is 33.6 Å². The van der Waals surface area contributed by atoms with Crippen LogP contribution in [0, 0.1) is 0 Å². The minimum absolute atomic E-state index is 0.209. The molecule has 0 spiro atoms. The van der Waals surface area contributed by atoms with Crippen LogP contribution in [-0.4, -0.2) is 39.7 Å². The quantitative estimate of drug-likeness (QED) is 0.253. The number of nitrogens with zero attached hydrogens (tertiary/aromatic N) is 4. The molecule has 1 atom stereocenters. The van der Waals surface area contributed by atoms with Gasteiger partial charge in [-0.2, -0.15) is 0 Å². The number of aromatic nitrogens is 3. The van der Waals surface area contributed by atoms with Crippen molar-refractivity contribution in [1.82, 2.24) is 20.3 Å². The van der Waals surface area contributed by atoms with Gasteiger partial charge in [-0.25, -0.2) is 4.68 Å². The third kappa shape index (κ3) is 5.99. The fourth-order valence-electron chi connectivity index (χ4n) is 4.75. The van der Waals surface area contributed by atoms with Crippen molar-refractivity contribution in [3.63, 3.8) is 0 Å². The molecule has 9 nitrogen and oxygen atoms in total. The average molecular weight is 548 g/mol. The number of nitrogens with one attached hydrogen (secondary N) is 1. The van der Waals surface area contributed by atoms with E-state index < -0.39 is 17.9 Å². The number of ether oxygens (including phenoxy) is 1. The highest BCUT2D eigenvalue weighted by atomic mass is 16.5. The Kier molecular flexibility index (Phi) is 8.15. The molecule has 0 aliphatic rings. The van der Waals surface area contributed by atoms with Crippen LogP contribution in [0.5, 0.6) is 5.75 Å². The maximum atomic E-state index is 14.3. The lowest BCUT2D eigenvalue weighted by atomic mass is 10.00. The Morgan fingerprint density at radius 2 is 1.63 bits per heavy atom. The number of methoxy groups -OCH3 is 1. The van der Waals surface area contributed by atoms with E-state index in [0.717, 1.165) is 5.56 Å². The molecule has 0 aliphatic carbocycles. The van der Waals surface area contributed by atoms with Gasteiger partial charge in [-0.3, -0.25) is 19.3 Å². The number of rotatable bonds is 10. The molecule has 0 bridgehead atoms. The van der Waals surface area contributed by atoms with Crippen LogP contribution in [0.15, 0.2) is 103 Å². The van der Waals surface area contributed by atoms with E-state index >= 15 is 0 Å². The molecule has 0 unspecified atom stereocenters. The van der Waals surface area contributed by atoms with Crippen molar-refractivity contribution >= 4 is 34.3 Å². The molecule has 1 aromatic heterocycles. The number of Topliss-reactive ketones (excluding diaryl/α,β-unsaturated/α-hetero) is 1. The first kappa shape index (κ1) is 27.3. The molecule has 5 aromatic rings. The smallest absolute Gasteiger partial charge is 0.249 e. The fourth-order valence-corrected chi connectivity index (χ4v) is 4.75. The number of ketones is 1. The predicted octanol–water partition coefficient (Wildman–Crippen LogP) is 4.73. The number of carbonyl (C=O) groups excluding carboxylic acids is 3. The number of para-hydroxylation sites is 2. The van der Waals surface area contributed by atoms with E-state index in [9.17, 15) is 14.4 Å². The lowest BCUT2D eigenvalue weighted by Gasteiger charge is -2.32. The van der Waals surface area contributed by atoms with Gasteiger partial charge in [0.2, 0.25) is 11.8 Å². The summed E-state index contributed by atoms with van der Waals surface area (Å²) in [6, 6.07) is 29.5. The maximum absolute atomic E-state index is 14.3. The maximum Gasteiger partial charge on any atom is 0.249 e. The number of hydrogen-bond donors (Lipinski definition) is 1. The predicted molar refractivity (Wildman–Crippen MR) is 155 cm³/mol. The standard InChI is InChI=1S/C32H29N5O4/c1-22(38)26-15-6-8-17-28(26)37(30(39)21-36-29-18-9-7-16-27(29)34-35-36)31(24-13-10-14-25(19-24)41-2)32(40)33-20-23-11-4-3-5-12-23/h3-19,31H,20-21H2,1-2H3,(H,33,40)/t31-/m0/s1. The minimum atomic E-state index is -1.13. The zero-order chi connectivity index (χ0) is 28.8. The summed E-state index contributed by atoms with van der Waals surface area (Å²) in [4.78, 5) is 42.5. The number of carbonyl (C=O) groups is 3. The van der Waals surface area contributed by atoms with Crippen molar-refractivity contribution in [1.29, 1.82) is 0 Å². The first-order valence-corrected chi connectivity index (χ1v) is 13.1. The van der Waals surface area contributed by atoms with Gasteiger partial charge in [-0.1, -0.05) is 71.9 Å². The lowest BCUT2D eigenvalue weighted by Crippen LogP contribution is -2.45. The van der Waals surface area contributed by atoms with Crippen molar-refractivity contribution in [2.75, 3.05) is 12.0 Å². The largest absolute Gasteiger partial charge is 0.497 e. The molecule has 0 saturated heterocycles. The van der Waals surface area contributed by atoms with Crippen LogP contribution in [0.3, 0.4) is 0 Å². The molecule has 5 rings (SSSR count). The van der Waals surface area contributed by atoms with E-state index in [4.69, 9.17) is 4.74 Å². The number of amides is 2. The number of anilines is 1. The third-order valence-electron chi connectivity index (χ3n) is 6.74. The second-order valence-electron chi connectivity index (χ2n) is 9.46. The third-order valence-corrected chi connectivity index (χ3v) is 6.74. The van der Waals surface area contributed by atoms with Crippen LogP contribution in [0.2, 0.25) is 0 Å². The first-order valence-electron chi connectivity index (χ1n) is 13.1. The van der Waals surface area contributed by atoms with Crippen LogP contribution in [0.25, 0.3) is 11.0 Å². The molecule has 2 amide bonds. The zero-order valence-corrected chi connectivity index (χ0v) is 22.7. The fraction of sp³-hybridized carbons (Fsp3) is 0.156. The van der Waals surface area contributed by atoms with Gasteiger partial charge in [0.25, 0.3) is 0 Å². The molecule has 0 radical (unpaired) electrons. The molecule has 0 aliphatic heterocycles. The summed E-state index contributed by atoms with van der Waals surface area (Å²) in [5.41, 5.74) is 3.37. The van der Waals surface area contributed by atoms with Crippen molar-refractivity contribution in [2.24, 2.45) is 0 Å². The SMILES string of the molecule is COc1cccc([C@@H](C(=O)NCc2ccccc2)N(C(=O)Cn2nnc3ccccc32)c2ccccc2C(C)=O)c1. The summed E-state index contributed by atoms with van der Waals surface area (Å²) in [6.07, 6.45) is 0. The highest BCUT2D eigenvalue weighted by Gasteiger charge is 2.35. The van der Waals surface area contributed by atoms with Gasteiger partial charge in [0.15, 0.2) is 5.78 Å². The topological polar surface area (TPSA) is 106 Å². The summed E-state index contributed by atoms with van der Waals surface area (Å²) in [6.45, 7) is 1.48. The van der Waals surface area contributed by atoms with Crippen LogP contribution < -0.4 is 15.0 Å². The Morgan fingerprint density at radius 3 is 2.41 bits per heavy atom. The summed E-state index contributed by atoms with van der Waals surface area (Å²) in [7, 11) is 1.54. The second kappa shape index (κ2) is 12.3. The Morgan fingerprint density at radius 1 is 0.902 bits per heavy atom. The minimum Gasteiger partial charge on any atom is -0.497 e. The van der Waals surface area contributed by atoms with Crippen LogP contribution >= 0.6 is 0 Å². The van der Waals surface area contributed by atoms with E-state index in [1.807, 2.05) is 54.6 Å². The van der Waals surface area contributed by atoms with Gasteiger partial charge >= 0.3 is 0 Å². The van der Waals surface area contributed by atoms with Crippen molar-refractivity contribution in [3.8, 4) is 5.75 Å². The van der Waals surface area contributed by atoms with Crippen LogP contribution in [0.1, 0.15) is 34.5 Å². The molecular formula is C32H29N5O4. The summed E-state index contributed by atoms with van der Waals surface area (Å²) in [5.74, 6) is -0.578. The van der Waals surface area contributed by atoms with Crippen molar-refractivity contribution in [3.05, 3.63) is 120 Å². The van der Waals surface area contributed by atoms with E-state index in [1.165, 1.54) is 23.6 Å². The molecule has 41 heavy (non-hydrogen) atoms. The number of fused-ring (bicyclic) bond motifs is 1. The van der Waals surface area contributed by atoms with E-state index in [2.05, 4.69) is 15.6 Å². The van der Waals surface area contributed by atoms with Gasteiger partial charge in [0.1, 0.15) is 23.9 Å². The molecule has 4 aromatic carbocycles. The number of hydrogen-bond acceptors (Lipinski definition) is 6. The van der Waals surface area contributed by atoms with Gasteiger partial charge in [0, 0.05) is 12.1 Å². The van der Waals surface area contributed by atoms with E-state index in [-0.39, 0.29) is 18.9 Å². The van der Waals surface area contributed by atoms with Gasteiger partial charge in [0.05, 0.1) is 18.3 Å². The molecule has 9 heteroatoms. The summed E-state index contributed by atoms with van der Waals surface area (Å²) >= 11 is 0. The molecule has 1 N–H and O–H groups in total. The monoisotopic (exact) mass is 547 g/mol. The van der Waals surface area contributed by atoms with Crippen LogP contribution in [0.4, 0.5) is 5.69 Å². The Balaban J connectivity index is 1.62. The van der Waals surface area contributed by atoms with Crippen molar-refractivity contribution < 1.29 is 19.1 Å². The first-order chi connectivity index (χ1) is 20.0. The highest BCUT2D eigenvalue weighted by Crippen LogP contribution is 2.33. The molecule has 0 saturated carbocycles. The summed E-state index contributed by atoms with van der Waals surface area (Å²) < 4.78 is 6.94. The second-order valence-corrected chi connectivity index (χ2v) is 9.46. The molecule has 206 valence electrons. The molecule has 1 heterocycles. The summed E-state index contributed by atoms with van der Waals surface area (Å²) in [5, 5.41) is 11.3. The van der Waals surface area contributed by atoms with Gasteiger partial charge in [-0.05, 0) is 54.4 Å². The Labute approximate surface area is 237 Å². The molecular weight excluding hydrogens is 518 g/mol. The number of benzene rings is 4. The Hall–Kier alpha value is -5.31. The average Bonchev–Trinajstić information content (AvgIpc) is 3.41. The van der Waals surface area contributed by atoms with Gasteiger partial charge in [-0.15, -0.1) is 5.10 Å². The zero-order valence-electron chi connectivity index (χ0n) is 22.7. The molecule has 0 fully saturated rings. The Bertz CT molecular complexity index is 1700.